The van der Waals surface area contributed by atoms with Crippen molar-refractivity contribution in [3.8, 4) is 0 Å². The molecule has 1 aromatic rings. The van der Waals surface area contributed by atoms with Crippen molar-refractivity contribution in [3.05, 3.63) is 11.6 Å². The first-order valence-electron chi connectivity index (χ1n) is 7.65. The zero-order chi connectivity index (χ0) is 15.6. The summed E-state index contributed by atoms with van der Waals surface area (Å²) in [6.07, 6.45) is 2.02. The molecule has 0 bridgehead atoms. The first-order valence-corrected chi connectivity index (χ1v) is 7.65. The van der Waals surface area contributed by atoms with Crippen molar-refractivity contribution in [2.75, 3.05) is 13.1 Å². The van der Waals surface area contributed by atoms with Crippen molar-refractivity contribution in [1.82, 2.24) is 25.0 Å². The highest BCUT2D eigenvalue weighted by molar-refractivity contribution is 5.79. The third-order valence-corrected chi connectivity index (χ3v) is 3.92. The molecule has 0 spiro atoms. The number of likely N-dealkylation sites (tertiary alicyclic amines) is 1. The van der Waals surface area contributed by atoms with Gasteiger partial charge in [0.15, 0.2) is 0 Å². The summed E-state index contributed by atoms with van der Waals surface area (Å²) in [4.78, 5) is 14.6. The maximum absolute atomic E-state index is 12.3. The van der Waals surface area contributed by atoms with Crippen molar-refractivity contribution in [2.24, 2.45) is 13.0 Å². The molecule has 1 N–H and O–H groups in total. The number of piperidine rings is 1. The molecule has 6 nitrogen and oxygen atoms in total. The predicted octanol–water partition coefficient (Wildman–Crippen LogP) is 1.25. The molecule has 1 aliphatic rings. The summed E-state index contributed by atoms with van der Waals surface area (Å²) >= 11 is 0. The van der Waals surface area contributed by atoms with Crippen molar-refractivity contribution >= 4 is 5.91 Å². The van der Waals surface area contributed by atoms with Crippen LogP contribution in [0.4, 0.5) is 0 Å². The van der Waals surface area contributed by atoms with Gasteiger partial charge in [0.2, 0.25) is 5.91 Å². The van der Waals surface area contributed by atoms with Gasteiger partial charge in [-0.15, -0.1) is 10.2 Å². The molecule has 1 amide bonds. The van der Waals surface area contributed by atoms with Crippen LogP contribution < -0.4 is 5.32 Å². The average Bonchev–Trinajstić information content (AvgIpc) is 2.69. The quantitative estimate of drug-likeness (QED) is 0.911. The number of carbonyl (C=O) groups excluding carboxylic acids is 1. The molecule has 1 saturated heterocycles. The van der Waals surface area contributed by atoms with E-state index in [1.807, 2.05) is 39.3 Å². The number of hydrogen-bond acceptors (Lipinski definition) is 4. The third kappa shape index (κ3) is 4.27. The Labute approximate surface area is 126 Å². The fourth-order valence-corrected chi connectivity index (χ4v) is 2.67. The smallest absolute Gasteiger partial charge is 0.224 e. The molecule has 0 saturated carbocycles. The molecule has 2 heterocycles. The van der Waals surface area contributed by atoms with E-state index in [9.17, 15) is 4.79 Å². The second-order valence-corrected chi connectivity index (χ2v) is 7.04. The summed E-state index contributed by atoms with van der Waals surface area (Å²) in [7, 11) is 1.98. The van der Waals surface area contributed by atoms with Crippen LogP contribution in [0.2, 0.25) is 0 Å². The Morgan fingerprint density at radius 3 is 2.67 bits per heavy atom. The van der Waals surface area contributed by atoms with E-state index in [2.05, 4.69) is 20.4 Å². The monoisotopic (exact) mass is 293 g/mol. The minimum absolute atomic E-state index is 0.0762. The number of nitrogens with zero attached hydrogens (tertiary/aromatic N) is 4. The lowest BCUT2D eigenvalue weighted by atomic mass is 9.95. The van der Waals surface area contributed by atoms with Crippen molar-refractivity contribution < 1.29 is 4.79 Å². The maximum atomic E-state index is 12.3. The Morgan fingerprint density at radius 1 is 1.38 bits per heavy atom. The van der Waals surface area contributed by atoms with Crippen LogP contribution in [0.3, 0.4) is 0 Å². The van der Waals surface area contributed by atoms with Crippen LogP contribution in [0.5, 0.6) is 0 Å². The number of aromatic nitrogens is 3. The fraction of sp³-hybridized carbons (Fsp3) is 0.800. The molecular formula is C15H27N5O. The lowest BCUT2D eigenvalue weighted by Gasteiger charge is -2.33. The molecule has 118 valence electrons. The van der Waals surface area contributed by atoms with Crippen LogP contribution >= 0.6 is 0 Å². The summed E-state index contributed by atoms with van der Waals surface area (Å²) < 4.78 is 2.01. The van der Waals surface area contributed by atoms with Crippen molar-refractivity contribution in [3.63, 3.8) is 0 Å². The van der Waals surface area contributed by atoms with Crippen LogP contribution in [0.1, 0.15) is 45.3 Å². The van der Waals surface area contributed by atoms with Gasteiger partial charge < -0.3 is 9.88 Å². The second kappa shape index (κ2) is 6.13. The van der Waals surface area contributed by atoms with Gasteiger partial charge in [-0.3, -0.25) is 9.69 Å². The van der Waals surface area contributed by atoms with E-state index in [-0.39, 0.29) is 17.4 Å². The molecule has 6 heteroatoms. The Bertz CT molecular complexity index is 503. The van der Waals surface area contributed by atoms with Gasteiger partial charge >= 0.3 is 0 Å². The van der Waals surface area contributed by atoms with Crippen molar-refractivity contribution in [2.45, 2.75) is 52.6 Å². The predicted molar refractivity (Wildman–Crippen MR) is 81.6 cm³/mol. The number of rotatable bonds is 3. The van der Waals surface area contributed by atoms with E-state index in [4.69, 9.17) is 0 Å². The number of hydrogen-bond donors (Lipinski definition) is 1. The van der Waals surface area contributed by atoms with Gasteiger partial charge in [-0.05, 0) is 47.1 Å². The average molecular weight is 293 g/mol. The van der Waals surface area contributed by atoms with Crippen LogP contribution in [0, 0.1) is 12.8 Å². The van der Waals surface area contributed by atoms with E-state index in [1.54, 1.807) is 0 Å². The molecule has 1 fully saturated rings. The standard InChI is InChI=1S/C15H27N5O/c1-11-17-18-13(19(11)5)10-20-8-6-7-12(9-20)14(21)16-15(2,3)4/h12H,6-10H2,1-5H3,(H,16,21). The molecule has 0 radical (unpaired) electrons. The minimum Gasteiger partial charge on any atom is -0.351 e. The van der Waals surface area contributed by atoms with E-state index in [0.717, 1.165) is 44.1 Å². The van der Waals surface area contributed by atoms with Crippen LogP contribution in [0.25, 0.3) is 0 Å². The Morgan fingerprint density at radius 2 is 2.10 bits per heavy atom. The largest absolute Gasteiger partial charge is 0.351 e. The summed E-state index contributed by atoms with van der Waals surface area (Å²) in [6, 6.07) is 0. The molecular weight excluding hydrogens is 266 g/mol. The second-order valence-electron chi connectivity index (χ2n) is 7.04. The van der Waals surface area contributed by atoms with Gasteiger partial charge in [-0.1, -0.05) is 0 Å². The van der Waals surface area contributed by atoms with E-state index in [0.29, 0.717) is 0 Å². The number of amides is 1. The Kier molecular flexibility index (Phi) is 4.66. The topological polar surface area (TPSA) is 63.1 Å². The summed E-state index contributed by atoms with van der Waals surface area (Å²) in [6.45, 7) is 10.6. The molecule has 2 rings (SSSR count). The molecule has 1 atom stereocenters. The lowest BCUT2D eigenvalue weighted by Crippen LogP contribution is -2.48. The minimum atomic E-state index is -0.167. The van der Waals surface area contributed by atoms with Gasteiger partial charge in [0.05, 0.1) is 12.5 Å². The van der Waals surface area contributed by atoms with Crippen LogP contribution in [-0.4, -0.2) is 44.2 Å². The number of carbonyl (C=O) groups is 1. The first kappa shape index (κ1) is 15.9. The number of nitrogens with one attached hydrogen (secondary N) is 1. The van der Waals surface area contributed by atoms with Gasteiger partial charge in [0, 0.05) is 19.1 Å². The highest BCUT2D eigenvalue weighted by Crippen LogP contribution is 2.19. The Balaban J connectivity index is 1.94. The zero-order valence-corrected chi connectivity index (χ0v) is 13.8. The maximum Gasteiger partial charge on any atom is 0.224 e. The summed E-state index contributed by atoms with van der Waals surface area (Å²) in [5, 5.41) is 11.4. The van der Waals surface area contributed by atoms with E-state index >= 15 is 0 Å². The highest BCUT2D eigenvalue weighted by atomic mass is 16.2. The third-order valence-electron chi connectivity index (χ3n) is 3.92. The zero-order valence-electron chi connectivity index (χ0n) is 13.8. The molecule has 0 aliphatic carbocycles. The molecule has 1 aliphatic heterocycles. The van der Waals surface area contributed by atoms with Crippen LogP contribution in [-0.2, 0) is 18.4 Å². The van der Waals surface area contributed by atoms with Gasteiger partial charge in [0.25, 0.3) is 0 Å². The van der Waals surface area contributed by atoms with Crippen LogP contribution in [0.15, 0.2) is 0 Å². The summed E-state index contributed by atoms with van der Waals surface area (Å²) in [5.74, 6) is 2.13. The van der Waals surface area contributed by atoms with Gasteiger partial charge in [-0.25, -0.2) is 0 Å². The summed E-state index contributed by atoms with van der Waals surface area (Å²) in [5.41, 5.74) is -0.167. The Hall–Kier alpha value is -1.43. The lowest BCUT2D eigenvalue weighted by molar-refractivity contribution is -0.128. The normalized spacial score (nSPS) is 20.5. The SMILES string of the molecule is Cc1nnc(CN2CCCC(C(=O)NC(C)(C)C)C2)n1C. The van der Waals surface area contributed by atoms with Gasteiger partial charge in [0.1, 0.15) is 11.6 Å². The number of aryl methyl sites for hydroxylation is 1. The highest BCUT2D eigenvalue weighted by Gasteiger charge is 2.28. The first-order chi connectivity index (χ1) is 9.76. The van der Waals surface area contributed by atoms with E-state index in [1.165, 1.54) is 0 Å². The fourth-order valence-electron chi connectivity index (χ4n) is 2.67. The molecule has 21 heavy (non-hydrogen) atoms. The van der Waals surface area contributed by atoms with Gasteiger partial charge in [-0.2, -0.15) is 0 Å². The van der Waals surface area contributed by atoms with Crippen molar-refractivity contribution in [1.29, 1.82) is 0 Å². The molecule has 0 aromatic carbocycles. The molecule has 1 unspecified atom stereocenters. The molecule has 1 aromatic heterocycles. The van der Waals surface area contributed by atoms with E-state index < -0.39 is 0 Å².